The highest BCUT2D eigenvalue weighted by Gasteiger charge is 2.07. The van der Waals surface area contributed by atoms with Crippen LogP contribution in [0.25, 0.3) is 0 Å². The lowest BCUT2D eigenvalue weighted by Crippen LogP contribution is -2.34. The number of thiol groups is 1. The van der Waals surface area contributed by atoms with Crippen LogP contribution in [0.15, 0.2) is 10.4 Å². The van der Waals surface area contributed by atoms with E-state index in [0.29, 0.717) is 0 Å². The lowest BCUT2D eigenvalue weighted by molar-refractivity contribution is 0.339. The zero-order valence-electron chi connectivity index (χ0n) is 4.38. The molecule has 0 aromatic heterocycles. The fourth-order valence-corrected chi connectivity index (χ4v) is 1.16. The third kappa shape index (κ3) is 1.32. The average molecular weight is 149 g/mol. The maximum atomic E-state index is 4.09. The van der Waals surface area contributed by atoms with Gasteiger partial charge in [0, 0.05) is 25.2 Å². The van der Waals surface area contributed by atoms with E-state index in [4.69, 9.17) is 0 Å². The second-order valence-corrected chi connectivity index (χ2v) is 2.99. The van der Waals surface area contributed by atoms with Gasteiger partial charge in [0.25, 0.3) is 0 Å². The van der Waals surface area contributed by atoms with E-state index in [9.17, 15) is 0 Å². The van der Waals surface area contributed by atoms with Crippen molar-refractivity contribution in [1.82, 2.24) is 15.4 Å². The van der Waals surface area contributed by atoms with Gasteiger partial charge in [-0.05, 0) is 0 Å². The Morgan fingerprint density at radius 2 is 2.75 bits per heavy atom. The van der Waals surface area contributed by atoms with E-state index in [1.807, 2.05) is 13.2 Å². The molecule has 5 heteroatoms. The number of hydrogen-bond donors (Lipinski definition) is 3. The third-order valence-electron chi connectivity index (χ3n) is 0.693. The maximum absolute atomic E-state index is 4.09. The molecule has 0 atom stereocenters. The van der Waals surface area contributed by atoms with Crippen molar-refractivity contribution in [3.63, 3.8) is 0 Å². The van der Waals surface area contributed by atoms with E-state index in [0.717, 1.165) is 4.24 Å². The summed E-state index contributed by atoms with van der Waals surface area (Å²) in [7, 11) is 1.83. The van der Waals surface area contributed by atoms with Crippen LogP contribution in [0, 0.1) is 0 Å². The van der Waals surface area contributed by atoms with Crippen LogP contribution in [0.1, 0.15) is 0 Å². The van der Waals surface area contributed by atoms with Crippen LogP contribution in [-0.4, -0.2) is 11.6 Å². The van der Waals surface area contributed by atoms with Crippen molar-refractivity contribution in [1.29, 1.82) is 0 Å². The lowest BCUT2D eigenvalue weighted by atomic mass is 11.1. The minimum Gasteiger partial charge on any atom is -0.301 e. The number of hydrogen-bond acceptors (Lipinski definition) is 5. The van der Waals surface area contributed by atoms with Gasteiger partial charge in [-0.1, -0.05) is 4.52 Å². The fourth-order valence-electron chi connectivity index (χ4n) is 0.370. The molecule has 8 heavy (non-hydrogen) atoms. The molecule has 0 fully saturated rings. The summed E-state index contributed by atoms with van der Waals surface area (Å²) in [6, 6.07) is 0. The second kappa shape index (κ2) is 2.63. The molecule has 0 saturated heterocycles. The third-order valence-corrected chi connectivity index (χ3v) is 1.84. The minimum atomic E-state index is 0.958. The normalized spacial score (nSPS) is 20.5. The molecular weight excluding hydrogens is 142 g/mol. The molecule has 0 aliphatic carbocycles. The first-order chi connectivity index (χ1) is 3.83. The van der Waals surface area contributed by atoms with Gasteiger partial charge < -0.3 is 5.43 Å². The summed E-state index contributed by atoms with van der Waals surface area (Å²) in [5.74, 6) is 0. The van der Waals surface area contributed by atoms with Gasteiger partial charge in [0.05, 0.1) is 4.24 Å². The van der Waals surface area contributed by atoms with Crippen LogP contribution in [0.2, 0.25) is 0 Å². The van der Waals surface area contributed by atoms with Gasteiger partial charge in [-0.25, -0.2) is 5.43 Å². The van der Waals surface area contributed by atoms with Gasteiger partial charge in [0.15, 0.2) is 0 Å². The Bertz CT molecular complexity index is 113. The summed E-state index contributed by atoms with van der Waals surface area (Å²) >= 11 is 5.59. The highest BCUT2D eigenvalue weighted by molar-refractivity contribution is 8.14. The number of nitrogens with zero attached hydrogens (tertiary/aromatic N) is 1. The predicted octanol–water partition coefficient (Wildman–Crippen LogP) is 0.318. The zero-order valence-corrected chi connectivity index (χ0v) is 6.09. The van der Waals surface area contributed by atoms with Crippen molar-refractivity contribution >= 4 is 24.6 Å². The molecule has 1 heterocycles. The summed E-state index contributed by atoms with van der Waals surface area (Å²) in [4.78, 5) is 0. The Morgan fingerprint density at radius 1 is 2.00 bits per heavy atom. The van der Waals surface area contributed by atoms with Crippen molar-refractivity contribution in [2.45, 2.75) is 0 Å². The fraction of sp³-hybridized carbons (Fsp3) is 0.333. The molecule has 0 spiro atoms. The van der Waals surface area contributed by atoms with Crippen molar-refractivity contribution in [2.24, 2.45) is 0 Å². The van der Waals surface area contributed by atoms with E-state index in [1.165, 1.54) is 11.9 Å². The molecule has 0 amide bonds. The maximum Gasteiger partial charge on any atom is 0.0731 e. The average Bonchev–Trinajstić information content (AvgIpc) is 2.14. The van der Waals surface area contributed by atoms with Crippen LogP contribution in [-0.2, 0) is 0 Å². The first-order valence-electron chi connectivity index (χ1n) is 2.13. The van der Waals surface area contributed by atoms with Crippen molar-refractivity contribution in [3.8, 4) is 0 Å². The Kier molecular flexibility index (Phi) is 2.07. The molecule has 1 rings (SSSR count). The Hall–Kier alpha value is 0.160. The van der Waals surface area contributed by atoms with Gasteiger partial charge in [-0.15, -0.1) is 12.6 Å². The van der Waals surface area contributed by atoms with E-state index < -0.39 is 0 Å². The molecule has 0 bridgehead atoms. The highest BCUT2D eigenvalue weighted by Crippen LogP contribution is 2.24. The first kappa shape index (κ1) is 6.28. The SMILES string of the molecule is CNN1NC=C(S)S1. The van der Waals surface area contributed by atoms with Gasteiger partial charge >= 0.3 is 0 Å². The molecule has 1 aliphatic heterocycles. The Labute approximate surface area is 58.0 Å². The van der Waals surface area contributed by atoms with Gasteiger partial charge in [-0.2, -0.15) is 0 Å². The standard InChI is InChI=1S/C3H7N3S2/c1-4-6-5-2-3(7)8-6/h2,4-5,7H,1H3. The predicted molar refractivity (Wildman–Crippen MR) is 38.7 cm³/mol. The van der Waals surface area contributed by atoms with Crippen LogP contribution in [0.4, 0.5) is 0 Å². The molecule has 2 N–H and O–H groups in total. The Balaban J connectivity index is 2.32. The van der Waals surface area contributed by atoms with Gasteiger partial charge in [-0.3, -0.25) is 0 Å². The topological polar surface area (TPSA) is 27.3 Å². The molecule has 3 nitrogen and oxygen atoms in total. The summed E-state index contributed by atoms with van der Waals surface area (Å²) in [5, 5.41) is 0. The first-order valence-corrected chi connectivity index (χ1v) is 3.36. The lowest BCUT2D eigenvalue weighted by Gasteiger charge is -2.10. The molecule has 0 radical (unpaired) electrons. The summed E-state index contributed by atoms with van der Waals surface area (Å²) in [6.45, 7) is 0. The van der Waals surface area contributed by atoms with Gasteiger partial charge in [0.2, 0.25) is 0 Å². The largest absolute Gasteiger partial charge is 0.301 e. The quantitative estimate of drug-likeness (QED) is 0.370. The van der Waals surface area contributed by atoms with Crippen LogP contribution in [0.3, 0.4) is 0 Å². The van der Waals surface area contributed by atoms with E-state index in [2.05, 4.69) is 23.5 Å². The van der Waals surface area contributed by atoms with Crippen molar-refractivity contribution in [2.75, 3.05) is 7.05 Å². The summed E-state index contributed by atoms with van der Waals surface area (Å²) in [6.07, 6.45) is 1.81. The molecule has 0 aromatic rings. The summed E-state index contributed by atoms with van der Waals surface area (Å²) < 4.78 is 2.71. The molecular formula is C3H7N3S2. The van der Waals surface area contributed by atoms with E-state index in [1.54, 1.807) is 4.52 Å². The van der Waals surface area contributed by atoms with Crippen LogP contribution >= 0.6 is 24.6 Å². The minimum absolute atomic E-state index is 0.958. The van der Waals surface area contributed by atoms with Crippen molar-refractivity contribution < 1.29 is 0 Å². The van der Waals surface area contributed by atoms with Crippen molar-refractivity contribution in [3.05, 3.63) is 10.4 Å². The highest BCUT2D eigenvalue weighted by atomic mass is 32.2. The van der Waals surface area contributed by atoms with Crippen LogP contribution < -0.4 is 10.9 Å². The zero-order chi connectivity index (χ0) is 5.98. The smallest absolute Gasteiger partial charge is 0.0731 e. The Morgan fingerprint density at radius 3 is 3.00 bits per heavy atom. The van der Waals surface area contributed by atoms with Crippen LogP contribution in [0.5, 0.6) is 0 Å². The number of rotatable bonds is 1. The molecule has 0 saturated carbocycles. The molecule has 0 aromatic carbocycles. The number of nitrogens with one attached hydrogen (secondary N) is 2. The molecule has 46 valence electrons. The summed E-state index contributed by atoms with van der Waals surface area (Å²) in [5.41, 5.74) is 5.78. The molecule has 1 aliphatic rings. The number of hydrazine groups is 2. The second-order valence-electron chi connectivity index (χ2n) is 1.22. The van der Waals surface area contributed by atoms with Gasteiger partial charge in [0.1, 0.15) is 0 Å². The van der Waals surface area contributed by atoms with E-state index >= 15 is 0 Å². The molecule has 0 unspecified atom stereocenters. The monoisotopic (exact) mass is 149 g/mol. The van der Waals surface area contributed by atoms with E-state index in [-0.39, 0.29) is 0 Å².